The molecule has 1 heterocycles. The molecule has 3 amide bonds. The monoisotopic (exact) mass is 1490 g/mol. The van der Waals surface area contributed by atoms with E-state index in [0.717, 1.165) is 54.1 Å². The molecule has 1 atom stereocenters. The number of phosphoric acid groups is 1. The number of esters is 1. The Morgan fingerprint density at radius 2 is 1.53 bits per heavy atom. The first-order chi connectivity index (χ1) is 30.6. The molecule has 4 aromatic rings. The maximum atomic E-state index is 13.3. The molecule has 1 unspecified atom stereocenters. The summed E-state index contributed by atoms with van der Waals surface area (Å²) in [5.74, 6) is -1.89. The molecule has 0 bridgehead atoms. The van der Waals surface area contributed by atoms with Gasteiger partial charge in [-0.3, -0.25) is 19.0 Å². The fourth-order valence-electron chi connectivity index (χ4n) is 6.73. The fraction of sp³-hybridized carbons (Fsp3) is 0.250. The molecule has 1 aliphatic heterocycles. The number of rotatable bonds is 22. The average Bonchev–Trinajstić information content (AvgIpc) is 3.73. The van der Waals surface area contributed by atoms with E-state index in [1.54, 1.807) is 24.3 Å². The van der Waals surface area contributed by atoms with Crippen molar-refractivity contribution in [3.8, 4) is 11.1 Å². The van der Waals surface area contributed by atoms with Crippen molar-refractivity contribution in [2.75, 3.05) is 62.3 Å². The summed E-state index contributed by atoms with van der Waals surface area (Å²) in [6, 6.07) is 25.0. The second-order valence-electron chi connectivity index (χ2n) is 13.7. The molecule has 6 rings (SSSR count). The zero-order valence-electron chi connectivity index (χ0n) is 33.9. The smallest absolute Gasteiger partial charge is 0.459 e. The van der Waals surface area contributed by atoms with Gasteiger partial charge >= 0.3 is 25.3 Å². The third-order valence-electron chi connectivity index (χ3n) is 9.53. The largest absolute Gasteiger partial charge is 0.469 e. The number of carbonyl (C=O) groups excluding carboxylic acids is 4. The number of nitrogens with zero attached hydrogens (tertiary/aromatic N) is 1. The molecule has 0 fully saturated rings. The van der Waals surface area contributed by atoms with Gasteiger partial charge in [-0.1, -0.05) is 88.3 Å². The van der Waals surface area contributed by atoms with Crippen LogP contribution in [0.5, 0.6) is 0 Å². The van der Waals surface area contributed by atoms with E-state index in [9.17, 15) is 32.2 Å². The van der Waals surface area contributed by atoms with Crippen LogP contribution in [0, 0.1) is 0 Å². The van der Waals surface area contributed by atoms with Crippen LogP contribution in [-0.4, -0.2) is 105 Å². The van der Waals surface area contributed by atoms with E-state index in [1.807, 2.05) is 48.5 Å². The normalized spacial score (nSPS) is 13.6. The molecule has 0 saturated heterocycles. The third-order valence-corrected chi connectivity index (χ3v) is 14.2. The summed E-state index contributed by atoms with van der Waals surface area (Å²) in [5.41, 5.74) is 7.34. The second kappa shape index (κ2) is 23.3. The number of halogens is 1. The zero-order valence-corrected chi connectivity index (χ0v) is 42.8. The third kappa shape index (κ3) is 13.3. The van der Waals surface area contributed by atoms with Crippen molar-refractivity contribution in [1.82, 2.24) is 10.6 Å². The number of ether oxygens (including phenoxy) is 3. The van der Waals surface area contributed by atoms with Gasteiger partial charge in [0.05, 0.1) is 36.0 Å². The standard InChI is InChI=1S/C40H40ClN4O15PS3.2Fm/c41-39(48)45(16-18-56-22-37(46)57-20-25-24-64(54,55)36-12-6-5-7-27(25)36)34-19-26(44-60-50)13-14-35(34)63-62-23-33(38(47)42-15-17-59-61(51,52)53)43-40(49)58-21-32-30-10-3-1-8-28(30)29-9-2-4-11-31(29)32;;/h1-14,19,24,32-33,44,50H,15-18,20-23H2,(H,42,47)(H,43,49)(H2,51,52,53);;. The number of hydrogen-bond acceptors (Lipinski definition) is 16. The van der Waals surface area contributed by atoms with E-state index in [-0.39, 0.29) is 60.9 Å². The molecular weight excluding hydrogens is 1450 g/mol. The van der Waals surface area contributed by atoms with Crippen LogP contribution in [-0.2, 0) is 47.7 Å². The molecule has 0 radical (unpaired) electrons. The van der Waals surface area contributed by atoms with Crippen molar-refractivity contribution in [3.05, 3.63) is 113 Å². The molecule has 4 aromatic carbocycles. The number of fused-ring (bicyclic) bond motifs is 4. The first kappa shape index (κ1) is 51.7. The minimum atomic E-state index is -4.81. The Kier molecular flexibility index (Phi) is 18.2. The number of sulfone groups is 1. The number of alkyl carbamates (subject to hydrolysis) is 1. The van der Waals surface area contributed by atoms with Gasteiger partial charge < -0.3 is 34.6 Å². The molecule has 364 valence electrons. The van der Waals surface area contributed by atoms with Crippen molar-refractivity contribution in [1.29, 1.82) is 0 Å². The van der Waals surface area contributed by atoms with Gasteiger partial charge in [0.2, 0.25) is 15.7 Å². The summed E-state index contributed by atoms with van der Waals surface area (Å²) in [6.07, 6.45) is -0.907. The summed E-state index contributed by atoms with van der Waals surface area (Å²) >= 11 is 6.01. The van der Waals surface area contributed by atoms with Crippen molar-refractivity contribution >= 4 is 91.1 Å². The number of amides is 3. The van der Waals surface area contributed by atoms with Gasteiger partial charge in [0.15, 0.2) is 0 Å². The van der Waals surface area contributed by atoms with E-state index < -0.39 is 60.3 Å². The van der Waals surface area contributed by atoms with Gasteiger partial charge in [-0.15, -0.1) is 4.99 Å². The van der Waals surface area contributed by atoms with Crippen molar-refractivity contribution < 1.29 is 70.9 Å². The van der Waals surface area contributed by atoms with Crippen LogP contribution in [0.3, 0.4) is 0 Å². The van der Waals surface area contributed by atoms with Crippen molar-refractivity contribution in [3.63, 3.8) is 0 Å². The van der Waals surface area contributed by atoms with E-state index in [1.165, 1.54) is 18.2 Å². The number of phosphoric ester groups is 1. The Bertz CT molecular complexity index is 2530. The second-order valence-corrected chi connectivity index (χ2v) is 19.4. The average molecular weight is 1490 g/mol. The molecule has 66 heavy (non-hydrogen) atoms. The van der Waals surface area contributed by atoms with E-state index in [4.69, 9.17) is 40.9 Å². The fourth-order valence-corrected chi connectivity index (χ4v) is 11.1. The number of nitrogens with one attached hydrogen (secondary N) is 3. The molecule has 6 N–H and O–H groups in total. The number of carbonyl (C=O) groups is 4. The molecule has 26 heteroatoms. The molecule has 1 aliphatic carbocycles. The van der Waals surface area contributed by atoms with E-state index in [2.05, 4.69) is 25.6 Å². The van der Waals surface area contributed by atoms with Crippen LogP contribution in [0.2, 0.25) is 0 Å². The van der Waals surface area contributed by atoms with Crippen molar-refractivity contribution in [2.45, 2.75) is 21.8 Å². The topological polar surface area (TPSA) is 266 Å². The quantitative estimate of drug-likeness (QED) is 0.00778. The summed E-state index contributed by atoms with van der Waals surface area (Å²) in [4.78, 5) is 75.6. The van der Waals surface area contributed by atoms with Gasteiger partial charge in [0, 0.05) is 39.7 Å². The van der Waals surface area contributed by atoms with Gasteiger partial charge in [0.25, 0.3) is 0 Å². The molecule has 0 aromatic heterocycles. The Labute approximate surface area is 379 Å². The molecule has 0 saturated carbocycles. The number of anilines is 2. The van der Waals surface area contributed by atoms with E-state index >= 15 is 0 Å². The minimum absolute atomic E-state index is 0. The predicted molar refractivity (Wildman–Crippen MR) is 237 cm³/mol. The Hall–Kier alpha value is -6.97. The first-order valence-electron chi connectivity index (χ1n) is 19.0. The number of hydrogen-bond donors (Lipinski definition) is 6. The Morgan fingerprint density at radius 3 is 2.18 bits per heavy atom. The van der Waals surface area contributed by atoms with Crippen LogP contribution >= 0.6 is 41.0 Å². The molecule has 0 spiro atoms. The van der Waals surface area contributed by atoms with Gasteiger partial charge in [-0.25, -0.2) is 33.3 Å². The van der Waals surface area contributed by atoms with Crippen LogP contribution < -0.4 is 21.0 Å². The molecule has 19 nitrogen and oxygen atoms in total. The maximum absolute atomic E-state index is 13.3. The number of benzene rings is 4. The van der Waals surface area contributed by atoms with Crippen LogP contribution in [0.4, 0.5) is 21.0 Å². The first-order valence-corrected chi connectivity index (χ1v) is 24.8. The minimum Gasteiger partial charge on any atom is -0.459 e. The zero-order chi connectivity index (χ0) is 45.9. The maximum Gasteiger partial charge on any atom is 0.469 e. The summed E-state index contributed by atoms with van der Waals surface area (Å²) in [7, 11) is -6.32. The molecule has 2 aliphatic rings. The summed E-state index contributed by atoms with van der Waals surface area (Å²) in [6.45, 7) is -2.15. The Morgan fingerprint density at radius 1 is 0.879 bits per heavy atom. The van der Waals surface area contributed by atoms with E-state index in [0.29, 0.717) is 16.0 Å². The summed E-state index contributed by atoms with van der Waals surface area (Å²) < 4.78 is 56.7. The Balaban J connectivity index is 0.00000476. The van der Waals surface area contributed by atoms with Gasteiger partial charge in [0.1, 0.15) is 25.9 Å². The predicted octanol–water partition coefficient (Wildman–Crippen LogP) is 5.93. The van der Waals surface area contributed by atoms with Gasteiger partial charge in [-0.05, 0) is 58.1 Å². The van der Waals surface area contributed by atoms with Crippen molar-refractivity contribution in [2.24, 2.45) is 0 Å². The SMILES string of the molecule is O=C(COCCN(C(=O)Cl)c1cc(NOO)ccc1SSCC(NC(=O)OCC1c2ccccc2-c2ccccc21)C(=O)NCCOP(=O)(O)O)OCC1=CS(=O)(=O)c2ccccc21.[Fm].[Fm]. The molecular formula is C40H40ClFm2N4O15PS3. The van der Waals surface area contributed by atoms with Crippen LogP contribution in [0.1, 0.15) is 22.6 Å². The van der Waals surface area contributed by atoms with Crippen LogP contribution in [0.15, 0.2) is 106 Å². The summed E-state index contributed by atoms with van der Waals surface area (Å²) in [5, 5.41) is 14.1. The van der Waals surface area contributed by atoms with Gasteiger partial charge in [-0.2, -0.15) is 0 Å². The van der Waals surface area contributed by atoms with Crippen LogP contribution in [0.25, 0.3) is 16.7 Å².